The van der Waals surface area contributed by atoms with Crippen LogP contribution in [0.4, 0.5) is 0 Å². The van der Waals surface area contributed by atoms with Crippen molar-refractivity contribution in [1.82, 2.24) is 19.6 Å². The number of rotatable bonds is 6. The predicted molar refractivity (Wildman–Crippen MR) is 193 cm³/mol. The monoisotopic (exact) mass is 676 g/mol. The summed E-state index contributed by atoms with van der Waals surface area (Å²) in [5.41, 5.74) is 0.208. The van der Waals surface area contributed by atoms with Crippen LogP contribution in [0.25, 0.3) is 0 Å². The largest absolute Gasteiger partial charge is 0.378 e. The lowest BCUT2D eigenvalue weighted by Crippen LogP contribution is -2.42. The van der Waals surface area contributed by atoms with Crippen LogP contribution in [0.15, 0.2) is 30.3 Å². The van der Waals surface area contributed by atoms with Gasteiger partial charge in [0.2, 0.25) is 18.2 Å². The highest BCUT2D eigenvalue weighted by Crippen LogP contribution is 2.28. The molecule has 0 aromatic heterocycles. The van der Waals surface area contributed by atoms with E-state index in [-0.39, 0.29) is 17.4 Å². The first kappa shape index (κ1) is 41.0. The Morgan fingerprint density at radius 2 is 1.51 bits per heavy atom. The lowest BCUT2D eigenvalue weighted by Gasteiger charge is -2.35. The number of carbonyl (C=O) groups is 3. The van der Waals surface area contributed by atoms with Gasteiger partial charge in [0.1, 0.15) is 0 Å². The molecular weight excluding hydrogens is 612 g/mol. The number of benzene rings is 1. The van der Waals surface area contributed by atoms with Gasteiger partial charge in [0, 0.05) is 62.3 Å². The number of ether oxygens (including phenoxy) is 1. The second-order valence-corrected chi connectivity index (χ2v) is 15.0. The maximum absolute atomic E-state index is 12.2. The average Bonchev–Trinajstić information content (AvgIpc) is 3.81. The van der Waals surface area contributed by atoms with Gasteiger partial charge in [0.25, 0.3) is 0 Å². The number of halogens is 1. The van der Waals surface area contributed by atoms with E-state index in [1.165, 1.54) is 38.5 Å². The molecule has 268 valence electrons. The summed E-state index contributed by atoms with van der Waals surface area (Å²) in [5, 5.41) is 0.794. The minimum absolute atomic E-state index is 0.208. The summed E-state index contributed by atoms with van der Waals surface area (Å²) >= 11 is 5.54. The van der Waals surface area contributed by atoms with Crippen molar-refractivity contribution in [2.24, 2.45) is 17.8 Å². The van der Waals surface area contributed by atoms with Crippen molar-refractivity contribution < 1.29 is 19.1 Å². The molecule has 0 spiro atoms. The predicted octanol–water partition coefficient (Wildman–Crippen LogP) is 7.00. The summed E-state index contributed by atoms with van der Waals surface area (Å²) in [5.74, 6) is 2.13. The standard InChI is InChI=1S/C14H27NO.C13H24N2O.C6H5Cl.C5H9NO2/c1-5-12(6-2)14(16)15(4)13-9-7-11(3)8-10-13;1-13(2,3)15-9-6-11(10-15)12(16)14-7-4-5-8-14;7-6-4-2-1-3-5-6;7-5-6-1-3-8-4-2-6/h11-13H,5-10H2,1-4H3;11H,4-10H2,1-3H3;1-5H;5H,1-4H2. The van der Waals surface area contributed by atoms with E-state index in [0.717, 1.165) is 75.9 Å². The van der Waals surface area contributed by atoms with Crippen LogP contribution in [-0.2, 0) is 19.1 Å². The van der Waals surface area contributed by atoms with E-state index in [1.807, 2.05) is 42.3 Å². The zero-order valence-corrected chi connectivity index (χ0v) is 31.4. The number of carbonyl (C=O) groups excluding carboxylic acids is 3. The van der Waals surface area contributed by atoms with E-state index >= 15 is 0 Å². The molecule has 1 atom stereocenters. The lowest BCUT2D eigenvalue weighted by molar-refractivity contribution is -0.137. The first-order valence-electron chi connectivity index (χ1n) is 18.2. The molecule has 3 amide bonds. The Balaban J connectivity index is 0.000000231. The quantitative estimate of drug-likeness (QED) is 0.304. The Kier molecular flexibility index (Phi) is 19.0. The van der Waals surface area contributed by atoms with Gasteiger partial charge in [-0.05, 0) is 103 Å². The zero-order chi connectivity index (χ0) is 34.8. The highest BCUT2D eigenvalue weighted by Gasteiger charge is 2.36. The van der Waals surface area contributed by atoms with Crippen molar-refractivity contribution in [3.05, 3.63) is 35.4 Å². The lowest BCUT2D eigenvalue weighted by atomic mass is 9.86. The Morgan fingerprint density at radius 3 is 1.94 bits per heavy atom. The van der Waals surface area contributed by atoms with Gasteiger partial charge in [-0.3, -0.25) is 19.3 Å². The molecule has 47 heavy (non-hydrogen) atoms. The highest BCUT2D eigenvalue weighted by atomic mass is 35.5. The molecule has 1 aromatic carbocycles. The van der Waals surface area contributed by atoms with Gasteiger partial charge in [0.05, 0.1) is 19.1 Å². The molecule has 3 saturated heterocycles. The number of hydrogen-bond donors (Lipinski definition) is 0. The van der Waals surface area contributed by atoms with E-state index in [9.17, 15) is 14.4 Å². The fourth-order valence-electron chi connectivity index (χ4n) is 6.60. The first-order chi connectivity index (χ1) is 22.4. The van der Waals surface area contributed by atoms with Gasteiger partial charge in [-0.1, -0.05) is 50.6 Å². The third-order valence-electron chi connectivity index (χ3n) is 10.0. The third-order valence-corrected chi connectivity index (χ3v) is 10.3. The molecule has 9 heteroatoms. The van der Waals surface area contributed by atoms with Crippen LogP contribution < -0.4 is 0 Å². The minimum atomic E-state index is 0.208. The van der Waals surface area contributed by atoms with Crippen molar-refractivity contribution in [2.75, 3.05) is 59.5 Å². The van der Waals surface area contributed by atoms with E-state index in [4.69, 9.17) is 16.3 Å². The number of amides is 3. The van der Waals surface area contributed by atoms with Gasteiger partial charge in [-0.15, -0.1) is 0 Å². The molecule has 5 rings (SSSR count). The molecule has 4 fully saturated rings. The summed E-state index contributed by atoms with van der Waals surface area (Å²) in [6.45, 7) is 20.2. The van der Waals surface area contributed by atoms with Crippen molar-refractivity contribution >= 4 is 29.8 Å². The third kappa shape index (κ3) is 14.9. The van der Waals surface area contributed by atoms with E-state index in [2.05, 4.69) is 51.3 Å². The molecule has 1 aromatic rings. The number of morpholine rings is 1. The summed E-state index contributed by atoms with van der Waals surface area (Å²) in [6, 6.07) is 9.95. The van der Waals surface area contributed by atoms with Gasteiger partial charge < -0.3 is 19.4 Å². The maximum Gasteiger partial charge on any atom is 0.227 e. The van der Waals surface area contributed by atoms with Gasteiger partial charge in [0.15, 0.2) is 0 Å². The van der Waals surface area contributed by atoms with Gasteiger partial charge >= 0.3 is 0 Å². The smallest absolute Gasteiger partial charge is 0.227 e. The number of hydrogen-bond acceptors (Lipinski definition) is 5. The minimum Gasteiger partial charge on any atom is -0.378 e. The summed E-state index contributed by atoms with van der Waals surface area (Å²) in [4.78, 5) is 42.7. The Morgan fingerprint density at radius 1 is 0.936 bits per heavy atom. The fraction of sp³-hybridized carbons (Fsp3) is 0.763. The normalized spacial score (nSPS) is 23.0. The SMILES string of the molecule is CC(C)(C)N1CCC(C(=O)N2CCCC2)C1.CCC(CC)C(=O)N(C)C1CCC(C)CC1.Clc1ccccc1.O=CN1CCOCC1. The van der Waals surface area contributed by atoms with E-state index in [1.54, 1.807) is 4.90 Å². The van der Waals surface area contributed by atoms with E-state index < -0.39 is 0 Å². The molecule has 0 radical (unpaired) electrons. The molecule has 3 aliphatic heterocycles. The molecule has 1 saturated carbocycles. The van der Waals surface area contributed by atoms with Gasteiger partial charge in [-0.2, -0.15) is 0 Å². The van der Waals surface area contributed by atoms with E-state index in [0.29, 0.717) is 31.1 Å². The van der Waals surface area contributed by atoms with Crippen molar-refractivity contribution in [2.45, 2.75) is 111 Å². The second-order valence-electron chi connectivity index (χ2n) is 14.6. The highest BCUT2D eigenvalue weighted by molar-refractivity contribution is 6.30. The van der Waals surface area contributed by atoms with Crippen LogP contribution in [0.1, 0.15) is 99.3 Å². The maximum atomic E-state index is 12.2. The molecule has 3 heterocycles. The average molecular weight is 677 g/mol. The number of likely N-dealkylation sites (tertiary alicyclic amines) is 2. The summed E-state index contributed by atoms with van der Waals surface area (Å²) in [6.07, 6.45) is 11.2. The summed E-state index contributed by atoms with van der Waals surface area (Å²) < 4.78 is 5.00. The summed E-state index contributed by atoms with van der Waals surface area (Å²) in [7, 11) is 2.00. The molecule has 1 aliphatic carbocycles. The Labute approximate surface area is 291 Å². The molecule has 8 nitrogen and oxygen atoms in total. The van der Waals surface area contributed by atoms with Crippen LogP contribution in [-0.4, -0.2) is 109 Å². The first-order valence-corrected chi connectivity index (χ1v) is 18.6. The van der Waals surface area contributed by atoms with Crippen molar-refractivity contribution in [3.8, 4) is 0 Å². The topological polar surface area (TPSA) is 73.4 Å². The fourth-order valence-corrected chi connectivity index (χ4v) is 6.75. The zero-order valence-electron chi connectivity index (χ0n) is 30.6. The Hall–Kier alpha value is -2.16. The molecule has 0 N–H and O–H groups in total. The van der Waals surface area contributed by atoms with Crippen LogP contribution in [0.5, 0.6) is 0 Å². The van der Waals surface area contributed by atoms with Crippen LogP contribution >= 0.6 is 11.6 Å². The van der Waals surface area contributed by atoms with Crippen molar-refractivity contribution in [3.63, 3.8) is 0 Å². The molecular formula is C38H65ClN4O4. The molecule has 4 aliphatic rings. The van der Waals surface area contributed by atoms with Crippen molar-refractivity contribution in [1.29, 1.82) is 0 Å². The number of nitrogens with zero attached hydrogens (tertiary/aromatic N) is 4. The van der Waals surface area contributed by atoms with Crippen LogP contribution in [0.2, 0.25) is 5.02 Å². The Bertz CT molecular complexity index is 1010. The van der Waals surface area contributed by atoms with Gasteiger partial charge in [-0.25, -0.2) is 0 Å². The van der Waals surface area contributed by atoms with Crippen LogP contribution in [0.3, 0.4) is 0 Å². The van der Waals surface area contributed by atoms with Crippen LogP contribution in [0, 0.1) is 17.8 Å². The molecule has 1 unspecified atom stereocenters. The molecule has 0 bridgehead atoms. The second kappa shape index (κ2) is 21.7.